The summed E-state index contributed by atoms with van der Waals surface area (Å²) >= 11 is 0. The van der Waals surface area contributed by atoms with Gasteiger partial charge in [-0.1, -0.05) is 0 Å². The summed E-state index contributed by atoms with van der Waals surface area (Å²) in [7, 11) is 1.70. The molecule has 0 fully saturated rings. The molecule has 0 N–H and O–H groups in total. The van der Waals surface area contributed by atoms with E-state index in [1.807, 2.05) is 4.90 Å². The summed E-state index contributed by atoms with van der Waals surface area (Å²) in [6.45, 7) is 3.18. The Labute approximate surface area is 144 Å². The molecule has 7 nitrogen and oxygen atoms in total. The number of benzene rings is 1. The first-order valence-corrected chi connectivity index (χ1v) is 7.87. The third-order valence-electron chi connectivity index (χ3n) is 4.38. The van der Waals surface area contributed by atoms with Gasteiger partial charge in [0.15, 0.2) is 0 Å². The summed E-state index contributed by atoms with van der Waals surface area (Å²) in [5.74, 6) is 1.48. The molecule has 7 heteroatoms. The van der Waals surface area contributed by atoms with Crippen LogP contribution in [0.25, 0.3) is 0 Å². The van der Waals surface area contributed by atoms with Gasteiger partial charge in [-0.15, -0.1) is 0 Å². The maximum Gasteiger partial charge on any atom is 0.262 e. The minimum absolute atomic E-state index is 0.196. The first-order valence-electron chi connectivity index (χ1n) is 7.87. The molecular formula is C18H15N5O2. The van der Waals surface area contributed by atoms with Crippen molar-refractivity contribution in [2.45, 2.75) is 6.92 Å². The lowest BCUT2D eigenvalue weighted by Gasteiger charge is -2.21. The van der Waals surface area contributed by atoms with Gasteiger partial charge in [0, 0.05) is 19.3 Å². The number of furan rings is 1. The third-order valence-corrected chi connectivity index (χ3v) is 4.38. The number of hydrogen-bond donors (Lipinski definition) is 0. The molecule has 0 atom stereocenters. The minimum Gasteiger partial charge on any atom is -0.442 e. The van der Waals surface area contributed by atoms with Crippen molar-refractivity contribution in [2.24, 2.45) is 9.98 Å². The Morgan fingerprint density at radius 1 is 1.36 bits per heavy atom. The molecule has 124 valence electrons. The molecule has 0 bridgehead atoms. The van der Waals surface area contributed by atoms with Crippen LogP contribution >= 0.6 is 0 Å². The number of amidine groups is 1. The second kappa shape index (κ2) is 5.60. The zero-order chi connectivity index (χ0) is 17.6. The summed E-state index contributed by atoms with van der Waals surface area (Å²) in [4.78, 5) is 25.4. The lowest BCUT2D eigenvalue weighted by Crippen LogP contribution is -2.33. The highest BCUT2D eigenvalue weighted by atomic mass is 16.4. The van der Waals surface area contributed by atoms with Gasteiger partial charge < -0.3 is 14.2 Å². The van der Waals surface area contributed by atoms with Crippen LogP contribution in [-0.2, 0) is 0 Å². The van der Waals surface area contributed by atoms with Crippen LogP contribution in [0, 0.1) is 18.3 Å². The van der Waals surface area contributed by atoms with Crippen molar-refractivity contribution in [1.29, 1.82) is 5.26 Å². The van der Waals surface area contributed by atoms with Gasteiger partial charge in [0.25, 0.3) is 5.91 Å². The van der Waals surface area contributed by atoms with E-state index in [9.17, 15) is 4.79 Å². The molecule has 3 heterocycles. The van der Waals surface area contributed by atoms with E-state index in [4.69, 9.17) is 9.68 Å². The predicted octanol–water partition coefficient (Wildman–Crippen LogP) is 2.47. The Morgan fingerprint density at radius 3 is 2.84 bits per heavy atom. The molecule has 1 aromatic heterocycles. The normalized spacial score (nSPS) is 14.6. The van der Waals surface area contributed by atoms with Crippen LogP contribution in [0.3, 0.4) is 0 Å². The van der Waals surface area contributed by atoms with Crippen molar-refractivity contribution in [3.05, 3.63) is 46.7 Å². The van der Waals surface area contributed by atoms with Crippen LogP contribution < -0.4 is 4.90 Å². The van der Waals surface area contributed by atoms with E-state index in [1.165, 1.54) is 4.90 Å². The van der Waals surface area contributed by atoms with Gasteiger partial charge in [-0.05, 0) is 31.2 Å². The average molecular weight is 333 g/mol. The maximum atomic E-state index is 13.1. The number of fused-ring (bicyclic) bond motifs is 3. The summed E-state index contributed by atoms with van der Waals surface area (Å²) in [6, 6.07) is 8.93. The van der Waals surface area contributed by atoms with E-state index in [1.54, 1.807) is 44.6 Å². The van der Waals surface area contributed by atoms with Crippen LogP contribution in [0.15, 0.2) is 38.7 Å². The highest BCUT2D eigenvalue weighted by Crippen LogP contribution is 2.35. The molecule has 2 aliphatic heterocycles. The first kappa shape index (κ1) is 15.1. The number of nitriles is 1. The van der Waals surface area contributed by atoms with Gasteiger partial charge in [0.1, 0.15) is 17.9 Å². The number of anilines is 1. The molecule has 0 saturated heterocycles. The van der Waals surface area contributed by atoms with Crippen LogP contribution in [0.4, 0.5) is 11.6 Å². The monoisotopic (exact) mass is 333 g/mol. The van der Waals surface area contributed by atoms with Gasteiger partial charge in [0.2, 0.25) is 5.88 Å². The fourth-order valence-electron chi connectivity index (χ4n) is 3.05. The second-order valence-electron chi connectivity index (χ2n) is 5.88. The lowest BCUT2D eigenvalue weighted by molar-refractivity contribution is 0.0991. The largest absolute Gasteiger partial charge is 0.442 e. The van der Waals surface area contributed by atoms with Crippen LogP contribution in [-0.4, -0.2) is 43.1 Å². The zero-order valence-corrected chi connectivity index (χ0v) is 13.9. The number of amides is 1. The fourth-order valence-corrected chi connectivity index (χ4v) is 3.05. The highest BCUT2D eigenvalue weighted by Gasteiger charge is 2.34. The summed E-state index contributed by atoms with van der Waals surface area (Å²) in [5.41, 5.74) is 2.38. The third kappa shape index (κ3) is 2.31. The number of rotatable bonds is 2. The van der Waals surface area contributed by atoms with Gasteiger partial charge in [-0.25, -0.2) is 4.99 Å². The molecule has 0 saturated carbocycles. The van der Waals surface area contributed by atoms with Crippen molar-refractivity contribution in [2.75, 3.05) is 25.0 Å². The summed E-state index contributed by atoms with van der Waals surface area (Å²) in [6.07, 6.45) is 1.69. The van der Waals surface area contributed by atoms with Crippen molar-refractivity contribution in [3.63, 3.8) is 0 Å². The van der Waals surface area contributed by atoms with Crippen LogP contribution in [0.1, 0.15) is 27.2 Å². The smallest absolute Gasteiger partial charge is 0.262 e. The Kier molecular flexibility index (Phi) is 3.39. The average Bonchev–Trinajstić information content (AvgIpc) is 3.23. The quantitative estimate of drug-likeness (QED) is 0.845. The van der Waals surface area contributed by atoms with E-state index in [-0.39, 0.29) is 5.91 Å². The van der Waals surface area contributed by atoms with Crippen molar-refractivity contribution >= 4 is 29.7 Å². The molecule has 0 aliphatic carbocycles. The van der Waals surface area contributed by atoms with E-state index in [0.717, 1.165) is 12.4 Å². The highest BCUT2D eigenvalue weighted by molar-refractivity contribution is 6.20. The predicted molar refractivity (Wildman–Crippen MR) is 93.6 cm³/mol. The number of carbonyl (C=O) groups excluding carboxylic acids is 1. The molecule has 2 aromatic rings. The molecule has 0 radical (unpaired) electrons. The minimum atomic E-state index is -0.196. The lowest BCUT2D eigenvalue weighted by atomic mass is 10.1. The van der Waals surface area contributed by atoms with E-state index in [2.05, 4.69) is 16.1 Å². The molecule has 1 aromatic carbocycles. The Balaban J connectivity index is 1.75. The number of aliphatic imine (C=N–C) groups is 2. The van der Waals surface area contributed by atoms with E-state index in [0.29, 0.717) is 40.6 Å². The second-order valence-corrected chi connectivity index (χ2v) is 5.88. The number of nitrogens with zero attached hydrogens (tertiary/aromatic N) is 5. The SMILES string of the molecule is Cc1oc2c(c1C(=O)N(C)c1ccc(C#N)cc1)C1=NCCN1C=N2. The Hall–Kier alpha value is -3.40. The molecular weight excluding hydrogens is 318 g/mol. The Bertz CT molecular complexity index is 963. The first-order chi connectivity index (χ1) is 12.1. The van der Waals surface area contributed by atoms with Gasteiger partial charge in [-0.3, -0.25) is 9.79 Å². The number of aryl methyl sites for hydroxylation is 1. The molecule has 2 aliphatic rings. The molecule has 0 spiro atoms. The van der Waals surface area contributed by atoms with Gasteiger partial charge in [0.05, 0.1) is 29.3 Å². The molecule has 1 amide bonds. The Morgan fingerprint density at radius 2 is 2.12 bits per heavy atom. The zero-order valence-electron chi connectivity index (χ0n) is 13.9. The fraction of sp³-hybridized carbons (Fsp3) is 0.222. The number of carbonyl (C=O) groups is 1. The summed E-state index contributed by atoms with van der Waals surface area (Å²) in [5, 5.41) is 8.91. The van der Waals surface area contributed by atoms with Crippen molar-refractivity contribution in [1.82, 2.24) is 4.90 Å². The van der Waals surface area contributed by atoms with Crippen LogP contribution in [0.5, 0.6) is 0 Å². The van der Waals surface area contributed by atoms with Crippen LogP contribution in [0.2, 0.25) is 0 Å². The van der Waals surface area contributed by atoms with E-state index >= 15 is 0 Å². The topological polar surface area (TPSA) is 85.2 Å². The van der Waals surface area contributed by atoms with E-state index < -0.39 is 0 Å². The summed E-state index contributed by atoms with van der Waals surface area (Å²) < 4.78 is 5.69. The molecule has 0 unspecified atom stereocenters. The number of hydrogen-bond acceptors (Lipinski definition) is 6. The van der Waals surface area contributed by atoms with Crippen molar-refractivity contribution in [3.8, 4) is 6.07 Å². The molecule has 25 heavy (non-hydrogen) atoms. The maximum absolute atomic E-state index is 13.1. The van der Waals surface area contributed by atoms with Gasteiger partial charge in [-0.2, -0.15) is 5.26 Å². The standard InChI is InChI=1S/C18H15N5O2/c1-11-14(15-16-20-7-8-23(16)10-21-17(15)25-11)18(24)22(2)13-5-3-12(9-19)4-6-13/h3-6,10H,7-8H2,1-2H3. The molecule has 4 rings (SSSR count). The van der Waals surface area contributed by atoms with Crippen molar-refractivity contribution < 1.29 is 9.21 Å². The van der Waals surface area contributed by atoms with Gasteiger partial charge >= 0.3 is 0 Å².